The summed E-state index contributed by atoms with van der Waals surface area (Å²) >= 11 is 3.92. The van der Waals surface area contributed by atoms with E-state index in [0.717, 1.165) is 5.56 Å². The van der Waals surface area contributed by atoms with Gasteiger partial charge in [0, 0.05) is 12.2 Å². The summed E-state index contributed by atoms with van der Waals surface area (Å²) in [6.07, 6.45) is -0.550. The number of benzene rings is 1. The monoisotopic (exact) mass is 368 g/mol. The number of thiol groups is 1. The lowest BCUT2D eigenvalue weighted by molar-refractivity contribution is -0.141. The molecule has 1 aromatic carbocycles. The van der Waals surface area contributed by atoms with E-state index in [2.05, 4.69) is 23.3 Å². The van der Waals surface area contributed by atoms with Crippen LogP contribution >= 0.6 is 12.6 Å². The highest BCUT2D eigenvalue weighted by atomic mass is 32.1. The van der Waals surface area contributed by atoms with Gasteiger partial charge in [-0.2, -0.15) is 12.6 Å². The Morgan fingerprint density at radius 3 is 2.20 bits per heavy atom. The maximum atomic E-state index is 12.4. The molecule has 2 amide bonds. The molecular weight excluding hydrogens is 344 g/mol. The van der Waals surface area contributed by atoms with Gasteiger partial charge in [-0.1, -0.05) is 30.3 Å². The van der Waals surface area contributed by atoms with Gasteiger partial charge in [0.2, 0.25) is 5.91 Å². The van der Waals surface area contributed by atoms with E-state index in [9.17, 15) is 14.4 Å². The summed E-state index contributed by atoms with van der Waals surface area (Å²) in [5.74, 6) is -1.87. The lowest BCUT2D eigenvalue weighted by Gasteiger charge is -2.24. The number of ether oxygens (including phenoxy) is 1. The zero-order valence-electron chi connectivity index (χ0n) is 14.5. The maximum absolute atomic E-state index is 12.4. The molecule has 138 valence electrons. The van der Waals surface area contributed by atoms with Crippen molar-refractivity contribution in [2.45, 2.75) is 44.9 Å². The van der Waals surface area contributed by atoms with Crippen LogP contribution < -0.4 is 10.6 Å². The van der Waals surface area contributed by atoms with Gasteiger partial charge in [0.25, 0.3) is 0 Å². The first-order valence-corrected chi connectivity index (χ1v) is 8.43. The van der Waals surface area contributed by atoms with Crippen LogP contribution in [0.4, 0.5) is 4.79 Å². The first-order chi connectivity index (χ1) is 11.6. The van der Waals surface area contributed by atoms with Gasteiger partial charge in [-0.3, -0.25) is 4.79 Å². The Kier molecular flexibility index (Phi) is 7.76. The predicted octanol–water partition coefficient (Wildman–Crippen LogP) is 1.62. The minimum atomic E-state index is -1.20. The van der Waals surface area contributed by atoms with E-state index in [1.54, 1.807) is 20.8 Å². The second-order valence-corrected chi connectivity index (χ2v) is 6.84. The number of rotatable bonds is 7. The molecule has 7 nitrogen and oxygen atoms in total. The van der Waals surface area contributed by atoms with Gasteiger partial charge in [-0.15, -0.1) is 0 Å². The Labute approximate surface area is 152 Å². The van der Waals surface area contributed by atoms with Gasteiger partial charge in [-0.25, -0.2) is 9.59 Å². The molecule has 0 unspecified atom stereocenters. The van der Waals surface area contributed by atoms with E-state index in [0.29, 0.717) is 0 Å². The van der Waals surface area contributed by atoms with Crippen LogP contribution in [-0.2, 0) is 20.7 Å². The van der Waals surface area contributed by atoms with E-state index < -0.39 is 35.7 Å². The molecule has 0 aliphatic carbocycles. The second kappa shape index (κ2) is 9.31. The van der Waals surface area contributed by atoms with Crippen molar-refractivity contribution in [3.63, 3.8) is 0 Å². The quantitative estimate of drug-likeness (QED) is 0.548. The molecule has 0 fully saturated rings. The SMILES string of the molecule is CC(C)(C)OC(=O)N[C@H](Cc1ccccc1)C(=O)N[C@@H](CS)C(=O)O. The summed E-state index contributed by atoms with van der Waals surface area (Å²) in [6.45, 7) is 5.13. The highest BCUT2D eigenvalue weighted by Gasteiger charge is 2.27. The van der Waals surface area contributed by atoms with Crippen molar-refractivity contribution in [3.8, 4) is 0 Å². The third-order valence-corrected chi connectivity index (χ3v) is 3.45. The number of carbonyl (C=O) groups excluding carboxylic acids is 2. The third-order valence-electron chi connectivity index (χ3n) is 3.09. The van der Waals surface area contributed by atoms with Crippen LogP contribution in [0, 0.1) is 0 Å². The van der Waals surface area contributed by atoms with Crippen molar-refractivity contribution < 1.29 is 24.2 Å². The molecule has 0 aromatic heterocycles. The molecule has 0 saturated heterocycles. The van der Waals surface area contributed by atoms with Crippen molar-refractivity contribution in [2.24, 2.45) is 0 Å². The molecule has 3 N–H and O–H groups in total. The molecule has 0 aliphatic heterocycles. The summed E-state index contributed by atoms with van der Waals surface area (Å²) in [6, 6.07) is 6.96. The molecule has 0 spiro atoms. The summed E-state index contributed by atoms with van der Waals surface area (Å²) in [7, 11) is 0. The fourth-order valence-corrected chi connectivity index (χ4v) is 2.21. The number of alkyl carbamates (subject to hydrolysis) is 1. The zero-order chi connectivity index (χ0) is 19.0. The van der Waals surface area contributed by atoms with Crippen LogP contribution in [-0.4, -0.2) is 46.5 Å². The van der Waals surface area contributed by atoms with Gasteiger partial charge in [0.05, 0.1) is 0 Å². The van der Waals surface area contributed by atoms with Crippen molar-refractivity contribution in [1.82, 2.24) is 10.6 Å². The van der Waals surface area contributed by atoms with Crippen molar-refractivity contribution in [2.75, 3.05) is 5.75 Å². The van der Waals surface area contributed by atoms with Crippen LogP contribution in [0.15, 0.2) is 30.3 Å². The Morgan fingerprint density at radius 1 is 1.12 bits per heavy atom. The minimum absolute atomic E-state index is 0.0639. The van der Waals surface area contributed by atoms with Gasteiger partial charge in [0.15, 0.2) is 0 Å². The van der Waals surface area contributed by atoms with E-state index in [1.807, 2.05) is 30.3 Å². The molecule has 0 saturated carbocycles. The first-order valence-electron chi connectivity index (χ1n) is 7.80. The topological polar surface area (TPSA) is 105 Å². The molecule has 8 heteroatoms. The van der Waals surface area contributed by atoms with E-state index in [-0.39, 0.29) is 12.2 Å². The minimum Gasteiger partial charge on any atom is -0.480 e. The molecule has 0 radical (unpaired) electrons. The van der Waals surface area contributed by atoms with Crippen LogP contribution in [0.5, 0.6) is 0 Å². The third kappa shape index (κ3) is 7.93. The number of amides is 2. The Hall–Kier alpha value is -2.22. The molecule has 1 aromatic rings. The lowest BCUT2D eigenvalue weighted by atomic mass is 10.1. The van der Waals surface area contributed by atoms with Crippen molar-refractivity contribution >= 4 is 30.6 Å². The van der Waals surface area contributed by atoms with Crippen LogP contribution in [0.2, 0.25) is 0 Å². The van der Waals surface area contributed by atoms with Gasteiger partial charge >= 0.3 is 12.1 Å². The Morgan fingerprint density at radius 2 is 1.72 bits per heavy atom. The van der Waals surface area contributed by atoms with E-state index >= 15 is 0 Å². The summed E-state index contributed by atoms with van der Waals surface area (Å²) < 4.78 is 5.17. The number of carbonyl (C=O) groups is 3. The smallest absolute Gasteiger partial charge is 0.408 e. The molecule has 0 aliphatic rings. The molecule has 1 rings (SSSR count). The number of hydrogen-bond donors (Lipinski definition) is 4. The van der Waals surface area contributed by atoms with Gasteiger partial charge in [-0.05, 0) is 26.3 Å². The summed E-state index contributed by atoms with van der Waals surface area (Å²) in [4.78, 5) is 35.5. The fraction of sp³-hybridized carbons (Fsp3) is 0.471. The number of aliphatic carboxylic acids is 1. The Bertz CT molecular complexity index is 601. The Balaban J connectivity index is 2.88. The highest BCUT2D eigenvalue weighted by Crippen LogP contribution is 2.09. The number of carboxylic acid groups (broad SMARTS) is 1. The molecule has 25 heavy (non-hydrogen) atoms. The number of hydrogen-bond acceptors (Lipinski definition) is 5. The average Bonchev–Trinajstić information content (AvgIpc) is 2.50. The average molecular weight is 368 g/mol. The standard InChI is InChI=1S/C17H24N2O5S/c1-17(2,3)24-16(23)19-12(9-11-7-5-4-6-8-11)14(20)18-13(10-25)15(21)22/h4-8,12-13,25H,9-10H2,1-3H3,(H,18,20)(H,19,23)(H,21,22)/t12-,13+/m1/s1. The largest absolute Gasteiger partial charge is 0.480 e. The number of nitrogens with one attached hydrogen (secondary N) is 2. The van der Waals surface area contributed by atoms with Crippen LogP contribution in [0.3, 0.4) is 0 Å². The van der Waals surface area contributed by atoms with Crippen molar-refractivity contribution in [1.29, 1.82) is 0 Å². The summed E-state index contributed by atoms with van der Waals surface area (Å²) in [5.41, 5.74) is 0.100. The van der Waals surface area contributed by atoms with Gasteiger partial charge < -0.3 is 20.5 Å². The molecular formula is C17H24N2O5S. The van der Waals surface area contributed by atoms with Gasteiger partial charge in [0.1, 0.15) is 17.7 Å². The zero-order valence-corrected chi connectivity index (χ0v) is 15.4. The fourth-order valence-electron chi connectivity index (χ4n) is 1.97. The lowest BCUT2D eigenvalue weighted by Crippen LogP contribution is -2.53. The van der Waals surface area contributed by atoms with E-state index in [1.165, 1.54) is 0 Å². The normalized spacial score (nSPS) is 13.4. The maximum Gasteiger partial charge on any atom is 0.408 e. The molecule has 0 heterocycles. The van der Waals surface area contributed by atoms with E-state index in [4.69, 9.17) is 9.84 Å². The molecule has 2 atom stereocenters. The second-order valence-electron chi connectivity index (χ2n) is 6.47. The number of carboxylic acids is 1. The summed E-state index contributed by atoms with van der Waals surface area (Å²) in [5, 5.41) is 13.9. The highest BCUT2D eigenvalue weighted by molar-refractivity contribution is 7.80. The van der Waals surface area contributed by atoms with Crippen molar-refractivity contribution in [3.05, 3.63) is 35.9 Å². The first kappa shape index (κ1) is 20.8. The van der Waals surface area contributed by atoms with Crippen LogP contribution in [0.25, 0.3) is 0 Å². The molecule has 0 bridgehead atoms. The predicted molar refractivity (Wildman–Crippen MR) is 96.7 cm³/mol. The van der Waals surface area contributed by atoms with Crippen LogP contribution in [0.1, 0.15) is 26.3 Å².